The normalized spacial score (nSPS) is 13.0. The van der Waals surface area contributed by atoms with Crippen molar-refractivity contribution in [2.45, 2.75) is 51.7 Å². The van der Waals surface area contributed by atoms with Gasteiger partial charge in [-0.1, -0.05) is 0 Å². The van der Waals surface area contributed by atoms with Gasteiger partial charge in [0.05, 0.1) is 29.7 Å². The average Bonchev–Trinajstić information content (AvgIpc) is 2.23. The zero-order valence-corrected chi connectivity index (χ0v) is 13.1. The van der Waals surface area contributed by atoms with Gasteiger partial charge >= 0.3 is 0 Å². The van der Waals surface area contributed by atoms with Gasteiger partial charge in [0.1, 0.15) is 0 Å². The maximum Gasteiger partial charge on any atom is 0.0950 e. The highest BCUT2D eigenvalue weighted by Crippen LogP contribution is 2.20. The number of hydrogen-bond acceptors (Lipinski definition) is 5. The molecule has 0 rings (SSSR count). The second-order valence-corrected chi connectivity index (χ2v) is 6.34. The molecule has 5 heteroatoms. The highest BCUT2D eigenvalue weighted by atomic mass is 32.2. The minimum Gasteiger partial charge on any atom is -0.396 e. The fourth-order valence-corrected chi connectivity index (χ4v) is 1.94. The Morgan fingerprint density at radius 3 is 2.11 bits per heavy atom. The van der Waals surface area contributed by atoms with Crippen molar-refractivity contribution < 1.29 is 19.3 Å². The summed E-state index contributed by atoms with van der Waals surface area (Å²) >= 11 is 1.61. The second kappa shape index (κ2) is 9.15. The van der Waals surface area contributed by atoms with Crippen molar-refractivity contribution in [1.82, 2.24) is 0 Å². The van der Waals surface area contributed by atoms with Crippen molar-refractivity contribution in [1.29, 1.82) is 0 Å². The first kappa shape index (κ1) is 18.2. The summed E-state index contributed by atoms with van der Waals surface area (Å²) in [5.74, 6) is 1.27. The van der Waals surface area contributed by atoms with E-state index in [1.165, 1.54) is 0 Å². The third-order valence-electron chi connectivity index (χ3n) is 2.64. The number of aliphatic hydroxyl groups excluding tert-OH is 1. The molecule has 1 N–H and O–H groups in total. The third-order valence-corrected chi connectivity index (χ3v) is 3.33. The Labute approximate surface area is 115 Å². The predicted molar refractivity (Wildman–Crippen MR) is 75.8 cm³/mol. The van der Waals surface area contributed by atoms with E-state index in [1.807, 2.05) is 13.8 Å². The molecule has 0 radical (unpaired) electrons. The van der Waals surface area contributed by atoms with Gasteiger partial charge in [-0.25, -0.2) is 0 Å². The van der Waals surface area contributed by atoms with Crippen molar-refractivity contribution in [3.05, 3.63) is 0 Å². The van der Waals surface area contributed by atoms with Crippen LogP contribution < -0.4 is 0 Å². The van der Waals surface area contributed by atoms with Crippen molar-refractivity contribution in [3.8, 4) is 0 Å². The van der Waals surface area contributed by atoms with E-state index in [0.717, 1.165) is 6.42 Å². The topological polar surface area (TPSA) is 47.9 Å². The lowest BCUT2D eigenvalue weighted by Gasteiger charge is -2.29. The first-order chi connectivity index (χ1) is 8.33. The molecule has 0 aromatic carbocycles. The molecule has 110 valence electrons. The Morgan fingerprint density at radius 1 is 0.944 bits per heavy atom. The lowest BCUT2D eigenvalue weighted by molar-refractivity contribution is -0.0684. The van der Waals surface area contributed by atoms with Gasteiger partial charge in [-0.2, -0.15) is 0 Å². The highest BCUT2D eigenvalue weighted by molar-refractivity contribution is 7.98. The molecule has 0 bridgehead atoms. The summed E-state index contributed by atoms with van der Waals surface area (Å²) in [5, 5.41) is 8.91. The molecule has 0 heterocycles. The van der Waals surface area contributed by atoms with Crippen LogP contribution in [0.2, 0.25) is 0 Å². The van der Waals surface area contributed by atoms with Crippen molar-refractivity contribution in [2.24, 2.45) is 0 Å². The lowest BCUT2D eigenvalue weighted by atomic mass is 10.0. The van der Waals surface area contributed by atoms with Crippen LogP contribution >= 0.6 is 11.8 Å². The van der Waals surface area contributed by atoms with Crippen LogP contribution in [0, 0.1) is 0 Å². The molecule has 0 saturated carbocycles. The number of hydrogen-bond donors (Lipinski definition) is 1. The molecular formula is C13H28O4S. The predicted octanol–water partition coefficient (Wildman–Crippen LogP) is 2.64. The van der Waals surface area contributed by atoms with Gasteiger partial charge in [-0.05, 0) is 40.5 Å². The molecule has 0 aromatic heterocycles. The maximum atomic E-state index is 8.91. The molecule has 18 heavy (non-hydrogen) atoms. The fourth-order valence-electron chi connectivity index (χ4n) is 1.31. The Hall–Kier alpha value is 0.190. The van der Waals surface area contributed by atoms with Gasteiger partial charge in [0.15, 0.2) is 0 Å². The van der Waals surface area contributed by atoms with Gasteiger partial charge in [-0.15, -0.1) is 11.8 Å². The lowest BCUT2D eigenvalue weighted by Crippen LogP contribution is -2.31. The standard InChI is InChI=1S/C13H28O4S/c1-12(2,6-8-14)16-9-7-13(3,4)17-11-18-10-15-5/h14H,6-11H2,1-5H3. The molecule has 0 aliphatic heterocycles. The zero-order valence-electron chi connectivity index (χ0n) is 12.3. The average molecular weight is 280 g/mol. The highest BCUT2D eigenvalue weighted by Gasteiger charge is 2.22. The zero-order chi connectivity index (χ0) is 14.1. The van der Waals surface area contributed by atoms with Gasteiger partial charge < -0.3 is 19.3 Å². The molecule has 0 aliphatic rings. The second-order valence-electron chi connectivity index (χ2n) is 5.46. The Bertz CT molecular complexity index is 207. The third kappa shape index (κ3) is 10.1. The largest absolute Gasteiger partial charge is 0.396 e. The molecule has 0 spiro atoms. The van der Waals surface area contributed by atoms with Crippen molar-refractivity contribution in [2.75, 3.05) is 32.2 Å². The smallest absolute Gasteiger partial charge is 0.0950 e. The molecular weight excluding hydrogens is 252 g/mol. The van der Waals surface area contributed by atoms with E-state index in [0.29, 0.717) is 24.9 Å². The summed E-state index contributed by atoms with van der Waals surface area (Å²) in [6.07, 6.45) is 1.48. The van der Waals surface area contributed by atoms with Crippen molar-refractivity contribution >= 4 is 11.8 Å². The van der Waals surface area contributed by atoms with Crippen LogP contribution in [0.25, 0.3) is 0 Å². The molecule has 0 amide bonds. The van der Waals surface area contributed by atoms with Crippen LogP contribution in [-0.4, -0.2) is 48.5 Å². The van der Waals surface area contributed by atoms with E-state index < -0.39 is 0 Å². The number of methoxy groups -OCH3 is 1. The van der Waals surface area contributed by atoms with Crippen LogP contribution in [0.3, 0.4) is 0 Å². The first-order valence-corrected chi connectivity index (χ1v) is 7.44. The minimum atomic E-state index is -0.268. The van der Waals surface area contributed by atoms with Crippen LogP contribution in [-0.2, 0) is 14.2 Å². The molecule has 4 nitrogen and oxygen atoms in total. The molecule has 0 fully saturated rings. The molecule has 0 saturated heterocycles. The maximum absolute atomic E-state index is 8.91. The van der Waals surface area contributed by atoms with E-state index in [4.69, 9.17) is 19.3 Å². The monoisotopic (exact) mass is 280 g/mol. The van der Waals surface area contributed by atoms with Gasteiger partial charge in [0.25, 0.3) is 0 Å². The summed E-state index contributed by atoms with van der Waals surface area (Å²) in [7, 11) is 1.68. The number of ether oxygens (including phenoxy) is 3. The molecule has 0 unspecified atom stereocenters. The molecule has 0 aromatic rings. The van der Waals surface area contributed by atoms with E-state index in [2.05, 4.69) is 13.8 Å². The van der Waals surface area contributed by atoms with Crippen LogP contribution in [0.5, 0.6) is 0 Å². The Balaban J connectivity index is 3.75. The first-order valence-electron chi connectivity index (χ1n) is 6.28. The summed E-state index contributed by atoms with van der Waals surface area (Å²) in [5.41, 5.74) is -0.467. The van der Waals surface area contributed by atoms with Gasteiger partial charge in [0.2, 0.25) is 0 Å². The SMILES string of the molecule is COCSCOC(C)(C)CCOC(C)(C)CCO. The van der Waals surface area contributed by atoms with E-state index in [-0.39, 0.29) is 17.8 Å². The van der Waals surface area contributed by atoms with E-state index >= 15 is 0 Å². The molecule has 0 atom stereocenters. The summed E-state index contributed by atoms with van der Waals surface area (Å²) in [4.78, 5) is 0. The van der Waals surface area contributed by atoms with Crippen LogP contribution in [0.15, 0.2) is 0 Å². The Kier molecular flexibility index (Phi) is 9.25. The summed E-state index contributed by atoms with van der Waals surface area (Å²) in [6, 6.07) is 0. The van der Waals surface area contributed by atoms with E-state index in [1.54, 1.807) is 18.9 Å². The number of aliphatic hydroxyl groups is 1. The number of rotatable bonds is 11. The molecule has 0 aliphatic carbocycles. The Morgan fingerprint density at radius 2 is 1.56 bits per heavy atom. The number of thioether (sulfide) groups is 1. The van der Waals surface area contributed by atoms with Crippen molar-refractivity contribution in [3.63, 3.8) is 0 Å². The summed E-state index contributed by atoms with van der Waals surface area (Å²) < 4.78 is 16.5. The van der Waals surface area contributed by atoms with Gasteiger partial charge in [-0.3, -0.25) is 0 Å². The quantitative estimate of drug-likeness (QED) is 0.466. The fraction of sp³-hybridized carbons (Fsp3) is 1.00. The van der Waals surface area contributed by atoms with E-state index in [9.17, 15) is 0 Å². The van der Waals surface area contributed by atoms with Crippen LogP contribution in [0.4, 0.5) is 0 Å². The minimum absolute atomic E-state index is 0.153. The van der Waals surface area contributed by atoms with Crippen LogP contribution in [0.1, 0.15) is 40.5 Å². The van der Waals surface area contributed by atoms with Gasteiger partial charge in [0, 0.05) is 13.7 Å². The summed E-state index contributed by atoms with van der Waals surface area (Å²) in [6.45, 7) is 8.89.